The summed E-state index contributed by atoms with van der Waals surface area (Å²) in [6.07, 6.45) is 7.05. The van der Waals surface area contributed by atoms with Crippen LogP contribution in [0.15, 0.2) is 23.1 Å². The number of fused-ring (bicyclic) bond motifs is 2. The molecule has 2 saturated heterocycles. The van der Waals surface area contributed by atoms with Crippen LogP contribution >= 0.6 is 0 Å². The van der Waals surface area contributed by atoms with Crippen LogP contribution in [-0.4, -0.2) is 23.0 Å². The van der Waals surface area contributed by atoms with E-state index in [9.17, 15) is 9.59 Å². The van der Waals surface area contributed by atoms with Crippen molar-refractivity contribution in [2.75, 3.05) is 0 Å². The Balaban J connectivity index is 1.45. The number of hydrogen-bond acceptors (Lipinski definition) is 3. The highest BCUT2D eigenvalue weighted by atomic mass is 16.1. The van der Waals surface area contributed by atoms with E-state index in [0.29, 0.717) is 31.0 Å². The van der Waals surface area contributed by atoms with Gasteiger partial charge in [-0.15, -0.1) is 0 Å². The van der Waals surface area contributed by atoms with E-state index >= 15 is 0 Å². The molecular weight excluding hydrogens is 254 g/mol. The van der Waals surface area contributed by atoms with Crippen molar-refractivity contribution in [3.8, 4) is 0 Å². The van der Waals surface area contributed by atoms with Crippen LogP contribution in [0.4, 0.5) is 0 Å². The van der Waals surface area contributed by atoms with Gasteiger partial charge in [-0.3, -0.25) is 9.59 Å². The van der Waals surface area contributed by atoms with E-state index in [2.05, 4.69) is 15.6 Å². The van der Waals surface area contributed by atoms with Crippen LogP contribution in [0.1, 0.15) is 37.7 Å². The van der Waals surface area contributed by atoms with E-state index in [1.54, 1.807) is 12.3 Å². The quantitative estimate of drug-likeness (QED) is 0.764. The highest BCUT2D eigenvalue weighted by Crippen LogP contribution is 2.32. The fourth-order valence-electron chi connectivity index (χ4n) is 3.43. The van der Waals surface area contributed by atoms with Crippen molar-refractivity contribution >= 4 is 5.91 Å². The lowest BCUT2D eigenvalue weighted by Crippen LogP contribution is -2.39. The summed E-state index contributed by atoms with van der Waals surface area (Å²) < 4.78 is 0. The van der Waals surface area contributed by atoms with Gasteiger partial charge in [0.15, 0.2) is 0 Å². The molecule has 108 valence electrons. The SMILES string of the molecule is O=C(CC1CC2CCC(C1)N2)NCc1ccc(=O)[nH]c1. The van der Waals surface area contributed by atoms with E-state index in [-0.39, 0.29) is 11.5 Å². The number of amides is 1. The lowest BCUT2D eigenvalue weighted by molar-refractivity contribution is -0.122. The number of nitrogens with one attached hydrogen (secondary N) is 3. The summed E-state index contributed by atoms with van der Waals surface area (Å²) in [7, 11) is 0. The molecule has 2 fully saturated rings. The Kier molecular flexibility index (Phi) is 3.87. The standard InChI is InChI=1S/C15H21N3O2/c19-14-4-1-10(8-16-14)9-17-15(20)7-11-5-12-2-3-13(6-11)18-12/h1,4,8,11-13,18H,2-3,5-7,9H2,(H,16,19)(H,17,20). The first-order valence-electron chi connectivity index (χ1n) is 7.39. The normalized spacial score (nSPS) is 28.3. The topological polar surface area (TPSA) is 74.0 Å². The molecular formula is C15H21N3O2. The van der Waals surface area contributed by atoms with Crippen molar-refractivity contribution in [1.29, 1.82) is 0 Å². The first-order chi connectivity index (χ1) is 9.69. The Morgan fingerprint density at radius 1 is 1.25 bits per heavy atom. The first kappa shape index (κ1) is 13.4. The van der Waals surface area contributed by atoms with E-state index in [0.717, 1.165) is 18.4 Å². The fraction of sp³-hybridized carbons (Fsp3) is 0.600. The van der Waals surface area contributed by atoms with Crippen molar-refractivity contribution in [3.63, 3.8) is 0 Å². The van der Waals surface area contributed by atoms with Crippen molar-refractivity contribution < 1.29 is 4.79 Å². The molecule has 5 nitrogen and oxygen atoms in total. The maximum Gasteiger partial charge on any atom is 0.247 e. The predicted molar refractivity (Wildman–Crippen MR) is 76.2 cm³/mol. The van der Waals surface area contributed by atoms with Gasteiger partial charge in [-0.1, -0.05) is 6.07 Å². The number of H-pyrrole nitrogens is 1. The van der Waals surface area contributed by atoms with Gasteiger partial charge in [0, 0.05) is 37.3 Å². The van der Waals surface area contributed by atoms with Crippen LogP contribution in [0.25, 0.3) is 0 Å². The van der Waals surface area contributed by atoms with E-state index < -0.39 is 0 Å². The minimum Gasteiger partial charge on any atom is -0.352 e. The fourth-order valence-corrected chi connectivity index (χ4v) is 3.43. The van der Waals surface area contributed by atoms with Crippen molar-refractivity contribution in [2.45, 2.75) is 50.7 Å². The summed E-state index contributed by atoms with van der Waals surface area (Å²) in [6, 6.07) is 4.48. The van der Waals surface area contributed by atoms with Crippen LogP contribution in [0.5, 0.6) is 0 Å². The van der Waals surface area contributed by atoms with Gasteiger partial charge in [0.05, 0.1) is 0 Å². The minimum atomic E-state index is -0.120. The predicted octanol–water partition coefficient (Wildman–Crippen LogP) is 0.912. The molecule has 3 N–H and O–H groups in total. The number of pyridine rings is 1. The highest BCUT2D eigenvalue weighted by Gasteiger charge is 2.33. The van der Waals surface area contributed by atoms with Gasteiger partial charge in [-0.2, -0.15) is 0 Å². The Labute approximate surface area is 118 Å². The smallest absolute Gasteiger partial charge is 0.247 e. The zero-order valence-electron chi connectivity index (χ0n) is 11.5. The summed E-state index contributed by atoms with van der Waals surface area (Å²) in [5, 5.41) is 6.53. The van der Waals surface area contributed by atoms with E-state index in [1.165, 1.54) is 18.9 Å². The Morgan fingerprint density at radius 2 is 2.00 bits per heavy atom. The molecule has 0 spiro atoms. The Morgan fingerprint density at radius 3 is 2.65 bits per heavy atom. The maximum atomic E-state index is 12.0. The molecule has 3 heterocycles. The molecule has 0 saturated carbocycles. The van der Waals surface area contributed by atoms with Gasteiger partial charge in [-0.25, -0.2) is 0 Å². The van der Waals surface area contributed by atoms with Gasteiger partial charge >= 0.3 is 0 Å². The molecule has 1 aromatic heterocycles. The molecule has 0 aliphatic carbocycles. The van der Waals surface area contributed by atoms with E-state index in [4.69, 9.17) is 0 Å². The zero-order valence-corrected chi connectivity index (χ0v) is 11.5. The summed E-state index contributed by atoms with van der Waals surface area (Å²) in [5.41, 5.74) is 0.800. The summed E-state index contributed by atoms with van der Waals surface area (Å²) >= 11 is 0. The number of aromatic amines is 1. The van der Waals surface area contributed by atoms with Crippen LogP contribution in [0, 0.1) is 5.92 Å². The lowest BCUT2D eigenvalue weighted by atomic mass is 9.89. The van der Waals surface area contributed by atoms with Gasteiger partial charge in [0.2, 0.25) is 11.5 Å². The molecule has 2 bridgehead atoms. The summed E-state index contributed by atoms with van der Waals surface area (Å²) in [4.78, 5) is 25.5. The Bertz CT molecular complexity index is 508. The zero-order chi connectivity index (χ0) is 13.9. The third kappa shape index (κ3) is 3.28. The second-order valence-electron chi connectivity index (χ2n) is 6.02. The van der Waals surface area contributed by atoms with Crippen molar-refractivity contribution in [1.82, 2.24) is 15.6 Å². The third-order valence-corrected chi connectivity index (χ3v) is 4.38. The van der Waals surface area contributed by atoms with Crippen LogP contribution < -0.4 is 16.2 Å². The number of rotatable bonds is 4. The minimum absolute atomic E-state index is 0.113. The first-order valence-corrected chi connectivity index (χ1v) is 7.39. The molecule has 2 atom stereocenters. The number of piperidine rings is 1. The average molecular weight is 275 g/mol. The van der Waals surface area contributed by atoms with Crippen LogP contribution in [0.3, 0.4) is 0 Å². The molecule has 0 radical (unpaired) electrons. The second-order valence-corrected chi connectivity index (χ2v) is 6.02. The van der Waals surface area contributed by atoms with Gasteiger partial charge in [-0.05, 0) is 37.2 Å². The largest absolute Gasteiger partial charge is 0.352 e. The van der Waals surface area contributed by atoms with Gasteiger partial charge in [0.25, 0.3) is 0 Å². The van der Waals surface area contributed by atoms with Crippen LogP contribution in [0.2, 0.25) is 0 Å². The van der Waals surface area contributed by atoms with Crippen LogP contribution in [-0.2, 0) is 11.3 Å². The lowest BCUT2D eigenvalue weighted by Gasteiger charge is -2.28. The molecule has 2 aliphatic heterocycles. The summed E-state index contributed by atoms with van der Waals surface area (Å²) in [5.74, 6) is 0.631. The third-order valence-electron chi connectivity index (χ3n) is 4.38. The molecule has 1 aromatic rings. The molecule has 2 aliphatic rings. The molecule has 0 aromatic carbocycles. The molecule has 1 amide bonds. The van der Waals surface area contributed by atoms with Crippen molar-refractivity contribution in [2.24, 2.45) is 5.92 Å². The molecule has 5 heteroatoms. The second kappa shape index (κ2) is 5.79. The van der Waals surface area contributed by atoms with Gasteiger partial charge in [0.1, 0.15) is 0 Å². The van der Waals surface area contributed by atoms with E-state index in [1.807, 2.05) is 0 Å². The summed E-state index contributed by atoms with van der Waals surface area (Å²) in [6.45, 7) is 0.480. The van der Waals surface area contributed by atoms with Crippen molar-refractivity contribution in [3.05, 3.63) is 34.2 Å². The molecule has 3 rings (SSSR count). The number of carbonyl (C=O) groups excluding carboxylic acids is 1. The number of aromatic nitrogens is 1. The van der Waals surface area contributed by atoms with Gasteiger partial charge < -0.3 is 15.6 Å². The Hall–Kier alpha value is -1.62. The maximum absolute atomic E-state index is 12.0. The average Bonchev–Trinajstić information content (AvgIpc) is 2.77. The number of hydrogen-bond donors (Lipinski definition) is 3. The monoisotopic (exact) mass is 275 g/mol. The number of carbonyl (C=O) groups is 1. The molecule has 20 heavy (non-hydrogen) atoms. The molecule has 2 unspecified atom stereocenters. The highest BCUT2D eigenvalue weighted by molar-refractivity contribution is 5.76.